The molecule has 1 heterocycles. The fourth-order valence-electron chi connectivity index (χ4n) is 1.47. The molecular formula is C11H12BrNO. The molecule has 1 unspecified atom stereocenters. The summed E-state index contributed by atoms with van der Waals surface area (Å²) in [5, 5.41) is 5.00. The molecule has 0 saturated carbocycles. The number of alkyl halides is 1. The Morgan fingerprint density at radius 1 is 1.36 bits per heavy atom. The molecule has 1 aliphatic rings. The topological polar surface area (TPSA) is 21.6 Å². The van der Waals surface area contributed by atoms with Gasteiger partial charge in [-0.2, -0.15) is 0 Å². The number of hydrogen-bond donors (Lipinski definition) is 0. The van der Waals surface area contributed by atoms with E-state index >= 15 is 0 Å². The lowest BCUT2D eigenvalue weighted by Gasteiger charge is -2.19. The highest BCUT2D eigenvalue weighted by Crippen LogP contribution is 2.17. The van der Waals surface area contributed by atoms with E-state index in [1.54, 1.807) is 0 Å². The first-order valence-electron chi connectivity index (χ1n) is 4.74. The minimum absolute atomic E-state index is 0.238. The van der Waals surface area contributed by atoms with Gasteiger partial charge in [0.15, 0.2) is 0 Å². The first kappa shape index (κ1) is 9.71. The number of rotatable bonds is 2. The summed E-state index contributed by atoms with van der Waals surface area (Å²) in [5.74, 6) is 0. The van der Waals surface area contributed by atoms with Gasteiger partial charge in [0.2, 0.25) is 0 Å². The maximum Gasteiger partial charge on any atom is 0.137 e. The van der Waals surface area contributed by atoms with Crippen LogP contribution in [0.5, 0.6) is 0 Å². The van der Waals surface area contributed by atoms with Crippen LogP contribution in [0.15, 0.2) is 35.5 Å². The number of oxime groups is 1. The van der Waals surface area contributed by atoms with Crippen LogP contribution in [0.3, 0.4) is 0 Å². The van der Waals surface area contributed by atoms with E-state index in [4.69, 9.17) is 4.84 Å². The maximum atomic E-state index is 5.34. The molecule has 0 bridgehead atoms. The van der Waals surface area contributed by atoms with Crippen molar-refractivity contribution in [3.8, 4) is 0 Å². The Bertz CT molecular complexity index is 323. The molecular weight excluding hydrogens is 242 g/mol. The van der Waals surface area contributed by atoms with E-state index in [0.717, 1.165) is 23.9 Å². The van der Waals surface area contributed by atoms with Crippen LogP contribution < -0.4 is 0 Å². The van der Waals surface area contributed by atoms with E-state index in [-0.39, 0.29) is 6.10 Å². The average Bonchev–Trinajstić information content (AvgIpc) is 2.30. The zero-order valence-electron chi connectivity index (χ0n) is 7.82. The van der Waals surface area contributed by atoms with Crippen molar-refractivity contribution >= 4 is 21.6 Å². The predicted octanol–water partition coefficient (Wildman–Crippen LogP) is 2.96. The van der Waals surface area contributed by atoms with Crippen LogP contribution in [0.25, 0.3) is 0 Å². The van der Waals surface area contributed by atoms with Crippen LogP contribution in [-0.2, 0) is 4.84 Å². The largest absolute Gasteiger partial charge is 0.391 e. The van der Waals surface area contributed by atoms with Gasteiger partial charge in [-0.1, -0.05) is 51.4 Å². The molecule has 2 rings (SSSR count). The Morgan fingerprint density at radius 2 is 2.14 bits per heavy atom. The van der Waals surface area contributed by atoms with Crippen molar-refractivity contribution < 1.29 is 4.84 Å². The molecule has 0 fully saturated rings. The smallest absolute Gasteiger partial charge is 0.137 e. The highest BCUT2D eigenvalue weighted by atomic mass is 79.9. The summed E-state index contributed by atoms with van der Waals surface area (Å²) in [6.45, 7) is 0. The van der Waals surface area contributed by atoms with Gasteiger partial charge in [-0.15, -0.1) is 0 Å². The second-order valence-corrected chi connectivity index (χ2v) is 3.97. The quantitative estimate of drug-likeness (QED) is 0.743. The third-order valence-corrected chi connectivity index (χ3v) is 3.02. The Hall–Kier alpha value is -0.830. The van der Waals surface area contributed by atoms with Crippen LogP contribution in [-0.4, -0.2) is 17.1 Å². The van der Waals surface area contributed by atoms with Crippen molar-refractivity contribution in [3.05, 3.63) is 35.9 Å². The van der Waals surface area contributed by atoms with Crippen molar-refractivity contribution in [3.63, 3.8) is 0 Å². The molecule has 0 amide bonds. The summed E-state index contributed by atoms with van der Waals surface area (Å²) in [7, 11) is 0. The normalized spacial score (nSPS) is 21.2. The highest BCUT2D eigenvalue weighted by molar-refractivity contribution is 9.09. The van der Waals surface area contributed by atoms with E-state index in [1.165, 1.54) is 5.56 Å². The molecule has 2 nitrogen and oxygen atoms in total. The SMILES string of the molecule is BrCC1CCC(c2ccccc2)=NO1. The Balaban J connectivity index is 2.11. The molecule has 1 aliphatic heterocycles. The fourth-order valence-corrected chi connectivity index (χ4v) is 1.91. The van der Waals surface area contributed by atoms with Gasteiger partial charge >= 0.3 is 0 Å². The molecule has 3 heteroatoms. The van der Waals surface area contributed by atoms with E-state index in [2.05, 4.69) is 33.2 Å². The van der Waals surface area contributed by atoms with Gasteiger partial charge in [-0.3, -0.25) is 0 Å². The molecule has 0 radical (unpaired) electrons. The first-order valence-corrected chi connectivity index (χ1v) is 5.86. The molecule has 74 valence electrons. The summed E-state index contributed by atoms with van der Waals surface area (Å²) in [6.07, 6.45) is 2.28. The van der Waals surface area contributed by atoms with Gasteiger partial charge in [-0.25, -0.2) is 0 Å². The van der Waals surface area contributed by atoms with Crippen molar-refractivity contribution in [2.24, 2.45) is 5.16 Å². The lowest BCUT2D eigenvalue weighted by molar-refractivity contribution is 0.0615. The molecule has 1 aromatic rings. The van der Waals surface area contributed by atoms with Gasteiger partial charge in [-0.05, 0) is 18.4 Å². The van der Waals surface area contributed by atoms with Crippen LogP contribution in [0.4, 0.5) is 0 Å². The maximum absolute atomic E-state index is 5.34. The molecule has 14 heavy (non-hydrogen) atoms. The van der Waals surface area contributed by atoms with E-state index in [1.807, 2.05) is 18.2 Å². The van der Waals surface area contributed by atoms with Gasteiger partial charge in [0.05, 0.1) is 5.71 Å². The lowest BCUT2D eigenvalue weighted by Crippen LogP contribution is -2.20. The minimum atomic E-state index is 0.238. The summed E-state index contributed by atoms with van der Waals surface area (Å²) in [5.41, 5.74) is 2.23. The summed E-state index contributed by atoms with van der Waals surface area (Å²) in [4.78, 5) is 5.34. The number of halogens is 1. The van der Waals surface area contributed by atoms with Gasteiger partial charge in [0, 0.05) is 5.33 Å². The Kier molecular flexibility index (Phi) is 3.19. The van der Waals surface area contributed by atoms with Crippen LogP contribution >= 0.6 is 15.9 Å². The lowest BCUT2D eigenvalue weighted by atomic mass is 10.0. The van der Waals surface area contributed by atoms with E-state index < -0.39 is 0 Å². The Morgan fingerprint density at radius 3 is 2.71 bits per heavy atom. The third kappa shape index (κ3) is 2.15. The third-order valence-electron chi connectivity index (χ3n) is 2.29. The monoisotopic (exact) mass is 253 g/mol. The van der Waals surface area contributed by atoms with Gasteiger partial charge in [0.25, 0.3) is 0 Å². The van der Waals surface area contributed by atoms with Gasteiger partial charge in [0.1, 0.15) is 6.10 Å². The standard InChI is InChI=1S/C11H12BrNO/c12-8-10-6-7-11(13-14-10)9-4-2-1-3-5-9/h1-5,10H,6-8H2. The molecule has 0 aliphatic carbocycles. The van der Waals surface area contributed by atoms with E-state index in [0.29, 0.717) is 0 Å². The molecule has 0 aromatic heterocycles. The predicted molar refractivity (Wildman–Crippen MR) is 60.9 cm³/mol. The van der Waals surface area contributed by atoms with Crippen LogP contribution in [0, 0.1) is 0 Å². The molecule has 1 atom stereocenters. The van der Waals surface area contributed by atoms with Crippen molar-refractivity contribution in [1.29, 1.82) is 0 Å². The molecule has 0 N–H and O–H groups in total. The van der Waals surface area contributed by atoms with Crippen LogP contribution in [0.1, 0.15) is 18.4 Å². The number of hydrogen-bond acceptors (Lipinski definition) is 2. The minimum Gasteiger partial charge on any atom is -0.391 e. The first-order chi connectivity index (χ1) is 6.90. The highest BCUT2D eigenvalue weighted by Gasteiger charge is 2.16. The zero-order valence-corrected chi connectivity index (χ0v) is 9.40. The van der Waals surface area contributed by atoms with Crippen molar-refractivity contribution in [2.45, 2.75) is 18.9 Å². The van der Waals surface area contributed by atoms with E-state index in [9.17, 15) is 0 Å². The second kappa shape index (κ2) is 4.60. The second-order valence-electron chi connectivity index (χ2n) is 3.32. The van der Waals surface area contributed by atoms with Crippen molar-refractivity contribution in [2.75, 3.05) is 5.33 Å². The van der Waals surface area contributed by atoms with Crippen LogP contribution in [0.2, 0.25) is 0 Å². The number of benzene rings is 1. The molecule has 0 saturated heterocycles. The zero-order chi connectivity index (χ0) is 9.80. The average molecular weight is 254 g/mol. The summed E-state index contributed by atoms with van der Waals surface area (Å²) >= 11 is 3.39. The fraction of sp³-hybridized carbons (Fsp3) is 0.364. The Labute approximate surface area is 92.1 Å². The number of nitrogens with zero attached hydrogens (tertiary/aromatic N) is 1. The molecule has 0 spiro atoms. The summed E-state index contributed by atoms with van der Waals surface area (Å²) in [6, 6.07) is 10.2. The summed E-state index contributed by atoms with van der Waals surface area (Å²) < 4.78 is 0. The van der Waals surface area contributed by atoms with Crippen molar-refractivity contribution in [1.82, 2.24) is 0 Å². The molecule has 1 aromatic carbocycles. The van der Waals surface area contributed by atoms with Gasteiger partial charge < -0.3 is 4.84 Å².